The van der Waals surface area contributed by atoms with E-state index in [-0.39, 0.29) is 12.5 Å². The number of carbonyl (C=O) groups excluding carboxylic acids is 1. The number of aromatic nitrogens is 2. The SMILES string of the molecule is Cc1c(Br)cnn1CC(=O)NCCN. The molecule has 5 nitrogen and oxygen atoms in total. The van der Waals surface area contributed by atoms with Crippen LogP contribution in [0.3, 0.4) is 0 Å². The Bertz CT molecular complexity index is 323. The number of nitrogens with one attached hydrogen (secondary N) is 1. The van der Waals surface area contributed by atoms with Gasteiger partial charge in [-0.3, -0.25) is 9.48 Å². The van der Waals surface area contributed by atoms with E-state index in [0.717, 1.165) is 10.2 Å². The van der Waals surface area contributed by atoms with Gasteiger partial charge in [-0.2, -0.15) is 5.10 Å². The first-order valence-electron chi connectivity index (χ1n) is 4.30. The second-order valence-electron chi connectivity index (χ2n) is 2.87. The molecule has 0 unspecified atom stereocenters. The van der Waals surface area contributed by atoms with Crippen LogP contribution in [-0.2, 0) is 11.3 Å². The van der Waals surface area contributed by atoms with Crippen LogP contribution in [0.2, 0.25) is 0 Å². The van der Waals surface area contributed by atoms with Gasteiger partial charge in [0, 0.05) is 13.1 Å². The maximum Gasteiger partial charge on any atom is 0.241 e. The summed E-state index contributed by atoms with van der Waals surface area (Å²) in [5.74, 6) is -0.0749. The highest BCUT2D eigenvalue weighted by atomic mass is 79.9. The largest absolute Gasteiger partial charge is 0.353 e. The summed E-state index contributed by atoms with van der Waals surface area (Å²) in [6.07, 6.45) is 1.67. The van der Waals surface area contributed by atoms with Crippen LogP contribution in [-0.4, -0.2) is 28.8 Å². The van der Waals surface area contributed by atoms with Crippen LogP contribution in [0.25, 0.3) is 0 Å². The number of halogens is 1. The summed E-state index contributed by atoms with van der Waals surface area (Å²) in [6, 6.07) is 0. The highest BCUT2D eigenvalue weighted by molar-refractivity contribution is 9.10. The number of nitrogens with two attached hydrogens (primary N) is 1. The van der Waals surface area contributed by atoms with Gasteiger partial charge in [0.15, 0.2) is 0 Å². The summed E-state index contributed by atoms with van der Waals surface area (Å²) in [6.45, 7) is 3.08. The van der Waals surface area contributed by atoms with E-state index in [1.807, 2.05) is 6.92 Å². The van der Waals surface area contributed by atoms with Crippen molar-refractivity contribution >= 4 is 21.8 Å². The Morgan fingerprint density at radius 2 is 2.50 bits per heavy atom. The molecule has 0 spiro atoms. The normalized spacial score (nSPS) is 10.2. The highest BCUT2D eigenvalue weighted by Gasteiger charge is 2.07. The summed E-state index contributed by atoms with van der Waals surface area (Å²) in [7, 11) is 0. The van der Waals surface area contributed by atoms with Crippen molar-refractivity contribution in [3.8, 4) is 0 Å². The van der Waals surface area contributed by atoms with Gasteiger partial charge >= 0.3 is 0 Å². The van der Waals surface area contributed by atoms with Crippen molar-refractivity contribution in [1.29, 1.82) is 0 Å². The number of carbonyl (C=O) groups is 1. The predicted octanol–water partition coefficient (Wildman–Crippen LogP) is 0.0289. The number of amides is 1. The zero-order chi connectivity index (χ0) is 10.6. The summed E-state index contributed by atoms with van der Waals surface area (Å²) in [5.41, 5.74) is 6.20. The van der Waals surface area contributed by atoms with Gasteiger partial charge in [0.05, 0.1) is 16.4 Å². The molecule has 1 amide bonds. The van der Waals surface area contributed by atoms with Crippen LogP contribution < -0.4 is 11.1 Å². The second kappa shape index (κ2) is 5.11. The Morgan fingerprint density at radius 1 is 1.79 bits per heavy atom. The third kappa shape index (κ3) is 2.81. The van der Waals surface area contributed by atoms with E-state index < -0.39 is 0 Å². The monoisotopic (exact) mass is 260 g/mol. The fourth-order valence-corrected chi connectivity index (χ4v) is 1.28. The quantitative estimate of drug-likeness (QED) is 0.803. The molecule has 3 N–H and O–H groups in total. The predicted molar refractivity (Wildman–Crippen MR) is 56.7 cm³/mol. The Morgan fingerprint density at radius 3 is 3.00 bits per heavy atom. The minimum atomic E-state index is -0.0749. The third-order valence-corrected chi connectivity index (χ3v) is 2.58. The van der Waals surface area contributed by atoms with Gasteiger partial charge in [0.25, 0.3) is 0 Å². The lowest BCUT2D eigenvalue weighted by Gasteiger charge is -2.05. The van der Waals surface area contributed by atoms with E-state index in [9.17, 15) is 4.79 Å². The highest BCUT2D eigenvalue weighted by Crippen LogP contribution is 2.13. The van der Waals surface area contributed by atoms with Crippen LogP contribution >= 0.6 is 15.9 Å². The van der Waals surface area contributed by atoms with Gasteiger partial charge in [-0.25, -0.2) is 0 Å². The van der Waals surface area contributed by atoms with E-state index >= 15 is 0 Å². The molecule has 1 aromatic heterocycles. The Kier molecular flexibility index (Phi) is 4.09. The molecule has 1 rings (SSSR count). The van der Waals surface area contributed by atoms with E-state index in [4.69, 9.17) is 5.73 Å². The number of rotatable bonds is 4. The first-order valence-corrected chi connectivity index (χ1v) is 5.09. The fourth-order valence-electron chi connectivity index (χ4n) is 0.987. The summed E-state index contributed by atoms with van der Waals surface area (Å²) in [5, 5.41) is 6.72. The molecule has 0 aliphatic heterocycles. The van der Waals surface area contributed by atoms with Gasteiger partial charge in [0.1, 0.15) is 6.54 Å². The van der Waals surface area contributed by atoms with E-state index in [2.05, 4.69) is 26.3 Å². The summed E-state index contributed by atoms with van der Waals surface area (Å²) < 4.78 is 2.54. The standard InChI is InChI=1S/C8H13BrN4O/c1-6-7(9)4-12-13(6)5-8(14)11-3-2-10/h4H,2-3,5,10H2,1H3,(H,11,14). The zero-order valence-corrected chi connectivity index (χ0v) is 9.54. The fraction of sp³-hybridized carbons (Fsp3) is 0.500. The van der Waals surface area contributed by atoms with Crippen molar-refractivity contribution < 1.29 is 4.79 Å². The number of hydrogen-bond donors (Lipinski definition) is 2. The van der Waals surface area contributed by atoms with Crippen molar-refractivity contribution in [2.45, 2.75) is 13.5 Å². The Labute approximate surface area is 90.8 Å². The van der Waals surface area contributed by atoms with Crippen molar-refractivity contribution in [1.82, 2.24) is 15.1 Å². The van der Waals surface area contributed by atoms with Crippen molar-refractivity contribution in [3.63, 3.8) is 0 Å². The molecule has 0 atom stereocenters. The molecule has 0 saturated carbocycles. The molecule has 14 heavy (non-hydrogen) atoms. The molecule has 0 aliphatic rings. The first kappa shape index (κ1) is 11.2. The lowest BCUT2D eigenvalue weighted by atomic mass is 10.4. The minimum absolute atomic E-state index is 0.0749. The molecule has 0 radical (unpaired) electrons. The van der Waals surface area contributed by atoms with Crippen LogP contribution in [0.4, 0.5) is 0 Å². The molecule has 1 heterocycles. The molecular formula is C8H13BrN4O. The maximum atomic E-state index is 11.3. The second-order valence-corrected chi connectivity index (χ2v) is 3.73. The van der Waals surface area contributed by atoms with Gasteiger partial charge in [-0.05, 0) is 22.9 Å². The lowest BCUT2D eigenvalue weighted by Crippen LogP contribution is -2.32. The van der Waals surface area contributed by atoms with E-state index in [1.54, 1.807) is 10.9 Å². The molecule has 0 aliphatic carbocycles. The van der Waals surface area contributed by atoms with E-state index in [1.165, 1.54) is 0 Å². The number of hydrogen-bond acceptors (Lipinski definition) is 3. The molecule has 1 aromatic rings. The Hall–Kier alpha value is -0.880. The molecule has 78 valence electrons. The summed E-state index contributed by atoms with van der Waals surface area (Å²) >= 11 is 3.32. The van der Waals surface area contributed by atoms with Crippen molar-refractivity contribution in [3.05, 3.63) is 16.4 Å². The van der Waals surface area contributed by atoms with Gasteiger partial charge < -0.3 is 11.1 Å². The average Bonchev–Trinajstić information content (AvgIpc) is 2.46. The third-order valence-electron chi connectivity index (χ3n) is 1.80. The number of nitrogens with zero attached hydrogens (tertiary/aromatic N) is 2. The molecule has 0 aromatic carbocycles. The van der Waals surface area contributed by atoms with Crippen LogP contribution in [0, 0.1) is 6.92 Å². The molecule has 0 fully saturated rings. The molecule has 0 bridgehead atoms. The van der Waals surface area contributed by atoms with Crippen molar-refractivity contribution in [2.75, 3.05) is 13.1 Å². The minimum Gasteiger partial charge on any atom is -0.353 e. The zero-order valence-electron chi connectivity index (χ0n) is 7.96. The first-order chi connectivity index (χ1) is 6.65. The van der Waals surface area contributed by atoms with Gasteiger partial charge in [0.2, 0.25) is 5.91 Å². The van der Waals surface area contributed by atoms with E-state index in [0.29, 0.717) is 13.1 Å². The summed E-state index contributed by atoms with van der Waals surface area (Å²) in [4.78, 5) is 11.3. The van der Waals surface area contributed by atoms with Crippen LogP contribution in [0.1, 0.15) is 5.69 Å². The molecule has 0 saturated heterocycles. The maximum absolute atomic E-state index is 11.3. The molecule has 6 heteroatoms. The average molecular weight is 261 g/mol. The van der Waals surface area contributed by atoms with Gasteiger partial charge in [-0.1, -0.05) is 0 Å². The lowest BCUT2D eigenvalue weighted by molar-refractivity contribution is -0.121. The van der Waals surface area contributed by atoms with Crippen LogP contribution in [0.15, 0.2) is 10.7 Å². The van der Waals surface area contributed by atoms with Crippen LogP contribution in [0.5, 0.6) is 0 Å². The smallest absolute Gasteiger partial charge is 0.241 e. The molecular weight excluding hydrogens is 248 g/mol. The van der Waals surface area contributed by atoms with Crippen molar-refractivity contribution in [2.24, 2.45) is 5.73 Å². The van der Waals surface area contributed by atoms with Gasteiger partial charge in [-0.15, -0.1) is 0 Å². The Balaban J connectivity index is 2.52. The topological polar surface area (TPSA) is 72.9 Å².